The average Bonchev–Trinajstić information content (AvgIpc) is 2.37. The van der Waals surface area contributed by atoms with Crippen molar-refractivity contribution >= 4 is 26.0 Å². The molecule has 0 radical (unpaired) electrons. The summed E-state index contributed by atoms with van der Waals surface area (Å²) in [6.07, 6.45) is 2.29. The Hall–Kier alpha value is -0.430. The molecular formula is C13H20BrNO3S. The summed E-state index contributed by atoms with van der Waals surface area (Å²) in [5, 5.41) is 8.70. The summed E-state index contributed by atoms with van der Waals surface area (Å²) in [7, 11) is -1.85. The van der Waals surface area contributed by atoms with Gasteiger partial charge in [-0.05, 0) is 43.9 Å². The zero-order chi connectivity index (χ0) is 14.5. The van der Waals surface area contributed by atoms with Crippen molar-refractivity contribution in [2.45, 2.75) is 31.1 Å². The summed E-state index contributed by atoms with van der Waals surface area (Å²) in [5.74, 6) is 0. The van der Waals surface area contributed by atoms with Crippen LogP contribution in [0.15, 0.2) is 27.6 Å². The van der Waals surface area contributed by atoms with E-state index >= 15 is 0 Å². The molecular weight excluding hydrogens is 330 g/mol. The minimum atomic E-state index is -3.44. The molecule has 1 aromatic carbocycles. The molecule has 4 nitrogen and oxygen atoms in total. The first kappa shape index (κ1) is 16.6. The van der Waals surface area contributed by atoms with Gasteiger partial charge in [0.15, 0.2) is 0 Å². The smallest absolute Gasteiger partial charge is 0.243 e. The minimum absolute atomic E-state index is 0.154. The Labute approximate surface area is 123 Å². The van der Waals surface area contributed by atoms with E-state index in [4.69, 9.17) is 5.11 Å². The number of halogens is 1. The molecule has 1 N–H and O–H groups in total. The number of rotatable bonds is 7. The molecule has 0 amide bonds. The molecule has 0 heterocycles. The number of sulfonamides is 1. The quantitative estimate of drug-likeness (QED) is 0.769. The van der Waals surface area contributed by atoms with E-state index < -0.39 is 10.0 Å². The van der Waals surface area contributed by atoms with Crippen molar-refractivity contribution in [1.82, 2.24) is 4.31 Å². The molecule has 1 aromatic rings. The lowest BCUT2D eigenvalue weighted by Crippen LogP contribution is -2.28. The second kappa shape index (κ2) is 7.38. The topological polar surface area (TPSA) is 57.6 Å². The Morgan fingerprint density at radius 2 is 1.95 bits per heavy atom. The second-order valence-corrected chi connectivity index (χ2v) is 7.45. The highest BCUT2D eigenvalue weighted by atomic mass is 79.9. The third-order valence-electron chi connectivity index (χ3n) is 2.97. The van der Waals surface area contributed by atoms with Crippen LogP contribution in [-0.4, -0.2) is 38.0 Å². The second-order valence-electron chi connectivity index (χ2n) is 4.52. The van der Waals surface area contributed by atoms with Crippen molar-refractivity contribution in [3.05, 3.63) is 28.2 Å². The van der Waals surface area contributed by atoms with Crippen LogP contribution in [0.2, 0.25) is 0 Å². The molecule has 6 heteroatoms. The number of unbranched alkanes of at least 4 members (excludes halogenated alkanes) is 2. The van der Waals surface area contributed by atoms with Crippen LogP contribution in [0.3, 0.4) is 0 Å². The number of aryl methyl sites for hydroxylation is 1. The molecule has 0 spiro atoms. The normalized spacial score (nSPS) is 12.1. The minimum Gasteiger partial charge on any atom is -0.396 e. The van der Waals surface area contributed by atoms with Crippen molar-refractivity contribution < 1.29 is 13.5 Å². The fourth-order valence-electron chi connectivity index (χ4n) is 1.76. The highest BCUT2D eigenvalue weighted by Crippen LogP contribution is 2.23. The van der Waals surface area contributed by atoms with Gasteiger partial charge in [0.2, 0.25) is 10.0 Å². The number of hydrogen-bond donors (Lipinski definition) is 1. The van der Waals surface area contributed by atoms with Gasteiger partial charge in [0.25, 0.3) is 0 Å². The van der Waals surface area contributed by atoms with Crippen molar-refractivity contribution in [2.75, 3.05) is 20.2 Å². The first-order valence-corrected chi connectivity index (χ1v) is 8.46. The van der Waals surface area contributed by atoms with Crippen LogP contribution in [0.4, 0.5) is 0 Å². The Morgan fingerprint density at radius 3 is 2.58 bits per heavy atom. The molecule has 0 saturated heterocycles. The summed E-state index contributed by atoms with van der Waals surface area (Å²) in [4.78, 5) is 0.339. The third-order valence-corrected chi connectivity index (χ3v) is 5.46. The standard InChI is InChI=1S/C13H20BrNO3S/c1-11-6-7-12(14)10-13(11)19(17,18)15(2)8-4-3-5-9-16/h6-7,10,16H,3-5,8-9H2,1-2H3. The molecule has 0 fully saturated rings. The molecule has 108 valence electrons. The van der Waals surface area contributed by atoms with Gasteiger partial charge in [-0.3, -0.25) is 0 Å². The van der Waals surface area contributed by atoms with Crippen LogP contribution in [0.25, 0.3) is 0 Å². The number of hydrogen-bond acceptors (Lipinski definition) is 3. The zero-order valence-electron chi connectivity index (χ0n) is 11.3. The Bertz CT molecular complexity index is 517. The SMILES string of the molecule is Cc1ccc(Br)cc1S(=O)(=O)N(C)CCCCCO. The van der Waals surface area contributed by atoms with E-state index in [2.05, 4.69) is 15.9 Å². The van der Waals surface area contributed by atoms with Crippen molar-refractivity contribution in [1.29, 1.82) is 0 Å². The van der Waals surface area contributed by atoms with Crippen molar-refractivity contribution in [2.24, 2.45) is 0 Å². The van der Waals surface area contributed by atoms with Gasteiger partial charge in [-0.15, -0.1) is 0 Å². The summed E-state index contributed by atoms with van der Waals surface area (Å²) < 4.78 is 27.0. The van der Waals surface area contributed by atoms with Gasteiger partial charge < -0.3 is 5.11 Å². The maximum atomic E-state index is 12.4. The van der Waals surface area contributed by atoms with Crippen LogP contribution in [0, 0.1) is 6.92 Å². The molecule has 0 saturated carbocycles. The van der Waals surface area contributed by atoms with Gasteiger partial charge in [0, 0.05) is 24.7 Å². The zero-order valence-corrected chi connectivity index (χ0v) is 13.7. The van der Waals surface area contributed by atoms with Gasteiger partial charge in [0.05, 0.1) is 4.90 Å². The predicted molar refractivity (Wildman–Crippen MR) is 79.6 cm³/mol. The molecule has 0 aliphatic rings. The summed E-state index contributed by atoms with van der Waals surface area (Å²) in [6.45, 7) is 2.41. The average molecular weight is 350 g/mol. The van der Waals surface area contributed by atoms with Gasteiger partial charge in [-0.1, -0.05) is 22.0 Å². The van der Waals surface area contributed by atoms with Gasteiger partial charge in [-0.2, -0.15) is 0 Å². The van der Waals surface area contributed by atoms with Crippen molar-refractivity contribution in [3.8, 4) is 0 Å². The first-order chi connectivity index (χ1) is 8.89. The van der Waals surface area contributed by atoms with E-state index in [1.165, 1.54) is 4.31 Å². The fourth-order valence-corrected chi connectivity index (χ4v) is 3.73. The highest BCUT2D eigenvalue weighted by molar-refractivity contribution is 9.10. The molecule has 1 rings (SSSR count). The molecule has 0 bridgehead atoms. The monoisotopic (exact) mass is 349 g/mol. The summed E-state index contributed by atoms with van der Waals surface area (Å²) in [5.41, 5.74) is 0.741. The lowest BCUT2D eigenvalue weighted by atomic mass is 10.2. The Balaban J connectivity index is 2.82. The highest BCUT2D eigenvalue weighted by Gasteiger charge is 2.22. The maximum absolute atomic E-state index is 12.4. The maximum Gasteiger partial charge on any atom is 0.243 e. The van der Waals surface area contributed by atoms with E-state index in [0.29, 0.717) is 17.9 Å². The molecule has 0 aliphatic heterocycles. The molecule has 19 heavy (non-hydrogen) atoms. The summed E-state index contributed by atoms with van der Waals surface area (Å²) in [6, 6.07) is 5.25. The van der Waals surface area contributed by atoms with E-state index in [-0.39, 0.29) is 6.61 Å². The van der Waals surface area contributed by atoms with Crippen molar-refractivity contribution in [3.63, 3.8) is 0 Å². The van der Waals surface area contributed by atoms with Crippen LogP contribution in [0.1, 0.15) is 24.8 Å². The van der Waals surface area contributed by atoms with Crippen LogP contribution >= 0.6 is 15.9 Å². The fraction of sp³-hybridized carbons (Fsp3) is 0.538. The van der Waals surface area contributed by atoms with Crippen LogP contribution < -0.4 is 0 Å². The van der Waals surface area contributed by atoms with Crippen LogP contribution in [0.5, 0.6) is 0 Å². The largest absolute Gasteiger partial charge is 0.396 e. The van der Waals surface area contributed by atoms with E-state index in [0.717, 1.165) is 22.9 Å². The Kier molecular flexibility index (Phi) is 6.46. The van der Waals surface area contributed by atoms with E-state index in [1.807, 2.05) is 6.07 Å². The lowest BCUT2D eigenvalue weighted by Gasteiger charge is -2.18. The van der Waals surface area contributed by atoms with E-state index in [9.17, 15) is 8.42 Å². The number of nitrogens with zero attached hydrogens (tertiary/aromatic N) is 1. The lowest BCUT2D eigenvalue weighted by molar-refractivity contribution is 0.281. The Morgan fingerprint density at radius 1 is 1.26 bits per heavy atom. The van der Waals surface area contributed by atoms with Crippen LogP contribution in [-0.2, 0) is 10.0 Å². The number of aliphatic hydroxyl groups excluding tert-OH is 1. The molecule has 0 aliphatic carbocycles. The predicted octanol–water partition coefficient (Wildman–Crippen LogP) is 2.54. The molecule has 0 unspecified atom stereocenters. The number of benzene rings is 1. The molecule has 0 atom stereocenters. The summed E-state index contributed by atoms with van der Waals surface area (Å²) >= 11 is 3.30. The third kappa shape index (κ3) is 4.56. The molecule has 0 aromatic heterocycles. The number of aliphatic hydroxyl groups is 1. The van der Waals surface area contributed by atoms with E-state index in [1.54, 1.807) is 26.1 Å². The van der Waals surface area contributed by atoms with Gasteiger partial charge in [0.1, 0.15) is 0 Å². The van der Waals surface area contributed by atoms with Gasteiger partial charge >= 0.3 is 0 Å². The first-order valence-electron chi connectivity index (χ1n) is 6.23. The van der Waals surface area contributed by atoms with Gasteiger partial charge in [-0.25, -0.2) is 12.7 Å².